The number of nitrogens with zero attached hydrogens (tertiary/aromatic N) is 2. The molecule has 0 saturated carbocycles. The van der Waals surface area contributed by atoms with Gasteiger partial charge < -0.3 is 9.64 Å². The maximum atomic E-state index is 5.74. The van der Waals surface area contributed by atoms with Gasteiger partial charge in [0.15, 0.2) is 0 Å². The van der Waals surface area contributed by atoms with Crippen LogP contribution in [0.5, 0.6) is 11.6 Å². The molecule has 0 fully saturated rings. The summed E-state index contributed by atoms with van der Waals surface area (Å²) in [7, 11) is 2.08. The molecule has 0 N–H and O–H groups in total. The second-order valence-electron chi connectivity index (χ2n) is 6.22. The molecule has 3 nitrogen and oxygen atoms in total. The Morgan fingerprint density at radius 3 is 2.12 bits per heavy atom. The van der Waals surface area contributed by atoms with Crippen LogP contribution in [0.15, 0.2) is 72.9 Å². The minimum atomic E-state index is 0.599. The zero-order valence-electron chi connectivity index (χ0n) is 15.0. The van der Waals surface area contributed by atoms with Gasteiger partial charge in [0.25, 0.3) is 0 Å². The molecule has 0 amide bonds. The molecule has 0 spiro atoms. The molecule has 1 heterocycles. The van der Waals surface area contributed by atoms with Gasteiger partial charge in [-0.25, -0.2) is 4.98 Å². The van der Waals surface area contributed by atoms with Gasteiger partial charge in [0, 0.05) is 30.7 Å². The average Bonchev–Trinajstić information content (AvgIpc) is 2.68. The molecule has 0 saturated heterocycles. The van der Waals surface area contributed by atoms with E-state index in [4.69, 9.17) is 4.74 Å². The summed E-state index contributed by atoms with van der Waals surface area (Å²) in [6, 6.07) is 22.5. The Morgan fingerprint density at radius 1 is 0.920 bits per heavy atom. The normalized spacial score (nSPS) is 11.8. The van der Waals surface area contributed by atoms with Crippen LogP contribution in [0, 0.1) is 0 Å². The topological polar surface area (TPSA) is 25.4 Å². The smallest absolute Gasteiger partial charge is 0.219 e. The lowest BCUT2D eigenvalue weighted by atomic mass is 9.98. The van der Waals surface area contributed by atoms with Crippen LogP contribution in [0.3, 0.4) is 0 Å². The van der Waals surface area contributed by atoms with Crippen molar-refractivity contribution in [3.63, 3.8) is 0 Å². The molecule has 3 aromatic rings. The van der Waals surface area contributed by atoms with E-state index in [-0.39, 0.29) is 0 Å². The van der Waals surface area contributed by atoms with E-state index < -0.39 is 0 Å². The van der Waals surface area contributed by atoms with E-state index in [0.29, 0.717) is 11.8 Å². The highest BCUT2D eigenvalue weighted by Gasteiger charge is 2.07. The Hall–Kier alpha value is -2.81. The highest BCUT2D eigenvalue weighted by Crippen LogP contribution is 2.28. The summed E-state index contributed by atoms with van der Waals surface area (Å²) < 4.78 is 5.74. The van der Waals surface area contributed by atoms with Crippen LogP contribution in [0.4, 0.5) is 11.4 Å². The molecular formula is C22H24N2O. The van der Waals surface area contributed by atoms with E-state index >= 15 is 0 Å². The van der Waals surface area contributed by atoms with Crippen molar-refractivity contribution in [1.82, 2.24) is 4.98 Å². The number of ether oxygens (including phenoxy) is 1. The Bertz CT molecular complexity index is 783. The zero-order valence-corrected chi connectivity index (χ0v) is 15.0. The Kier molecular flexibility index (Phi) is 5.34. The van der Waals surface area contributed by atoms with Gasteiger partial charge in [-0.15, -0.1) is 0 Å². The number of rotatable bonds is 6. The maximum Gasteiger partial charge on any atom is 0.219 e. The van der Waals surface area contributed by atoms with Gasteiger partial charge >= 0.3 is 0 Å². The quantitative estimate of drug-likeness (QED) is 0.541. The summed E-state index contributed by atoms with van der Waals surface area (Å²) in [5.74, 6) is 1.98. The lowest BCUT2D eigenvalue weighted by molar-refractivity contribution is 0.463. The van der Waals surface area contributed by atoms with Crippen molar-refractivity contribution < 1.29 is 4.74 Å². The summed E-state index contributed by atoms with van der Waals surface area (Å²) in [4.78, 5) is 6.35. The minimum Gasteiger partial charge on any atom is -0.439 e. The van der Waals surface area contributed by atoms with Gasteiger partial charge in [0.05, 0.1) is 0 Å². The van der Waals surface area contributed by atoms with E-state index in [1.165, 1.54) is 11.3 Å². The fourth-order valence-corrected chi connectivity index (χ4v) is 2.68. The Balaban J connectivity index is 1.71. The molecule has 1 atom stereocenters. The third-order valence-corrected chi connectivity index (χ3v) is 4.55. The third kappa shape index (κ3) is 4.18. The molecule has 0 radical (unpaired) electrons. The van der Waals surface area contributed by atoms with E-state index in [1.807, 2.05) is 30.3 Å². The van der Waals surface area contributed by atoms with Crippen molar-refractivity contribution in [2.45, 2.75) is 26.2 Å². The van der Waals surface area contributed by atoms with Crippen LogP contribution in [-0.4, -0.2) is 12.0 Å². The average molecular weight is 332 g/mol. The third-order valence-electron chi connectivity index (χ3n) is 4.55. The second kappa shape index (κ2) is 7.84. The second-order valence-corrected chi connectivity index (χ2v) is 6.22. The van der Waals surface area contributed by atoms with Crippen molar-refractivity contribution in [1.29, 1.82) is 0 Å². The van der Waals surface area contributed by atoms with Crippen LogP contribution in [0.25, 0.3) is 0 Å². The van der Waals surface area contributed by atoms with Gasteiger partial charge in [0.2, 0.25) is 5.88 Å². The Labute approximate surface area is 149 Å². The first-order valence-electron chi connectivity index (χ1n) is 8.70. The predicted molar refractivity (Wildman–Crippen MR) is 104 cm³/mol. The lowest BCUT2D eigenvalue weighted by Gasteiger charge is -2.21. The summed E-state index contributed by atoms with van der Waals surface area (Å²) in [5.41, 5.74) is 3.67. The monoisotopic (exact) mass is 332 g/mol. The molecule has 0 aliphatic rings. The number of hydrogen-bond donors (Lipinski definition) is 0. The molecule has 0 bridgehead atoms. The fraction of sp³-hybridized carbons (Fsp3) is 0.227. The first kappa shape index (κ1) is 17.0. The first-order valence-corrected chi connectivity index (χ1v) is 8.70. The molecule has 25 heavy (non-hydrogen) atoms. The molecule has 128 valence electrons. The maximum absolute atomic E-state index is 5.74. The number of pyridine rings is 1. The van der Waals surface area contributed by atoms with Gasteiger partial charge in [-0.05, 0) is 60.4 Å². The van der Waals surface area contributed by atoms with Crippen molar-refractivity contribution in [2.24, 2.45) is 0 Å². The lowest BCUT2D eigenvalue weighted by Crippen LogP contribution is -2.09. The SMILES string of the molecule is CC[C@@H](C)c1ccc(N(C)c2ccc(Oc3ccccn3)cc2)cc1. The molecule has 3 heteroatoms. The number of hydrogen-bond acceptors (Lipinski definition) is 3. The van der Waals surface area contributed by atoms with Gasteiger partial charge in [0.1, 0.15) is 5.75 Å². The molecule has 0 aliphatic heterocycles. The van der Waals surface area contributed by atoms with E-state index in [1.54, 1.807) is 6.20 Å². The molecule has 0 aliphatic carbocycles. The number of anilines is 2. The van der Waals surface area contributed by atoms with Crippen molar-refractivity contribution in [3.8, 4) is 11.6 Å². The van der Waals surface area contributed by atoms with E-state index in [2.05, 4.69) is 67.2 Å². The van der Waals surface area contributed by atoms with Crippen molar-refractivity contribution in [3.05, 3.63) is 78.5 Å². The molecule has 2 aromatic carbocycles. The van der Waals surface area contributed by atoms with Crippen LogP contribution >= 0.6 is 0 Å². The van der Waals surface area contributed by atoms with Crippen LogP contribution in [0.1, 0.15) is 31.7 Å². The van der Waals surface area contributed by atoms with E-state index in [0.717, 1.165) is 17.9 Å². The highest BCUT2D eigenvalue weighted by atomic mass is 16.5. The summed E-state index contributed by atoms with van der Waals surface area (Å²) in [6.45, 7) is 4.48. The molecule has 0 unspecified atom stereocenters. The molecule has 1 aromatic heterocycles. The Morgan fingerprint density at radius 2 is 1.56 bits per heavy atom. The van der Waals surface area contributed by atoms with Crippen LogP contribution in [-0.2, 0) is 0 Å². The van der Waals surface area contributed by atoms with Crippen molar-refractivity contribution in [2.75, 3.05) is 11.9 Å². The fourth-order valence-electron chi connectivity index (χ4n) is 2.68. The van der Waals surface area contributed by atoms with Crippen LogP contribution < -0.4 is 9.64 Å². The van der Waals surface area contributed by atoms with Crippen LogP contribution in [0.2, 0.25) is 0 Å². The highest BCUT2D eigenvalue weighted by molar-refractivity contribution is 5.63. The van der Waals surface area contributed by atoms with Gasteiger partial charge in [-0.3, -0.25) is 0 Å². The predicted octanol–water partition coefficient (Wildman–Crippen LogP) is 6.16. The standard InChI is InChI=1S/C22H24N2O/c1-4-17(2)18-8-10-19(11-9-18)24(3)20-12-14-21(15-13-20)25-22-7-5-6-16-23-22/h5-17H,4H2,1-3H3/t17-/m1/s1. The minimum absolute atomic E-state index is 0.599. The number of benzene rings is 2. The molecule has 3 rings (SSSR count). The van der Waals surface area contributed by atoms with E-state index in [9.17, 15) is 0 Å². The summed E-state index contributed by atoms with van der Waals surface area (Å²) in [6.07, 6.45) is 2.88. The summed E-state index contributed by atoms with van der Waals surface area (Å²) >= 11 is 0. The summed E-state index contributed by atoms with van der Waals surface area (Å²) in [5, 5.41) is 0. The first-order chi connectivity index (χ1) is 12.2. The van der Waals surface area contributed by atoms with Gasteiger partial charge in [-0.2, -0.15) is 0 Å². The van der Waals surface area contributed by atoms with Crippen molar-refractivity contribution >= 4 is 11.4 Å². The zero-order chi connectivity index (χ0) is 17.6. The van der Waals surface area contributed by atoms with Gasteiger partial charge in [-0.1, -0.05) is 32.0 Å². The largest absolute Gasteiger partial charge is 0.439 e. The number of aromatic nitrogens is 1. The molecular weight excluding hydrogens is 308 g/mol.